The number of nitrogens with zero attached hydrogens (tertiary/aromatic N) is 4. The van der Waals surface area contributed by atoms with Gasteiger partial charge in [0.25, 0.3) is 0 Å². The van der Waals surface area contributed by atoms with Gasteiger partial charge in [0.1, 0.15) is 17.6 Å². The lowest BCUT2D eigenvalue weighted by molar-refractivity contribution is -0.139. The first-order valence-corrected chi connectivity index (χ1v) is 14.0. The summed E-state index contributed by atoms with van der Waals surface area (Å²) < 4.78 is 0. The Hall–Kier alpha value is -4.40. The molecule has 41 heavy (non-hydrogen) atoms. The van der Waals surface area contributed by atoms with E-state index < -0.39 is 6.04 Å². The number of aromatic nitrogens is 4. The van der Waals surface area contributed by atoms with Crippen LogP contribution in [0.4, 0.5) is 0 Å². The molecule has 9 heteroatoms. The number of carbonyl (C=O) groups is 3. The maximum Gasteiger partial charge on any atom is 0.243 e. The van der Waals surface area contributed by atoms with Crippen LogP contribution in [0, 0.1) is 26.2 Å². The highest BCUT2D eigenvalue weighted by Gasteiger charge is 2.64. The van der Waals surface area contributed by atoms with Crippen molar-refractivity contribution >= 4 is 28.5 Å². The lowest BCUT2D eigenvalue weighted by Crippen LogP contribution is -2.48. The third-order valence-corrected chi connectivity index (χ3v) is 8.84. The average Bonchev–Trinajstić information content (AvgIpc) is 3.27. The van der Waals surface area contributed by atoms with E-state index >= 15 is 0 Å². The monoisotopic (exact) mass is 550 g/mol. The van der Waals surface area contributed by atoms with Gasteiger partial charge >= 0.3 is 0 Å². The van der Waals surface area contributed by atoms with Gasteiger partial charge < -0.3 is 10.2 Å². The molecule has 4 aromatic rings. The molecular formula is C32H34N6O3. The van der Waals surface area contributed by atoms with Crippen molar-refractivity contribution in [2.75, 3.05) is 0 Å². The van der Waals surface area contributed by atoms with Crippen LogP contribution in [-0.2, 0) is 22.6 Å². The van der Waals surface area contributed by atoms with Crippen molar-refractivity contribution in [3.8, 4) is 11.1 Å². The first-order valence-electron chi connectivity index (χ1n) is 14.0. The Morgan fingerprint density at radius 2 is 1.80 bits per heavy atom. The normalized spacial score (nSPS) is 21.1. The van der Waals surface area contributed by atoms with Gasteiger partial charge in [0.05, 0.1) is 11.9 Å². The maximum atomic E-state index is 14.2. The summed E-state index contributed by atoms with van der Waals surface area (Å²) in [5.74, 6) is 0.204. The number of Topliss-reactive ketones (excluding diaryl/α,β-unsaturated/α-hetero) is 1. The van der Waals surface area contributed by atoms with Crippen molar-refractivity contribution in [2.24, 2.45) is 5.41 Å². The van der Waals surface area contributed by atoms with Crippen molar-refractivity contribution in [3.05, 3.63) is 76.5 Å². The fourth-order valence-electron chi connectivity index (χ4n) is 6.37. The minimum absolute atomic E-state index is 0.0212. The average molecular weight is 551 g/mol. The van der Waals surface area contributed by atoms with E-state index in [2.05, 4.69) is 32.4 Å². The Labute approximate surface area is 238 Å². The first kappa shape index (κ1) is 26.8. The van der Waals surface area contributed by atoms with Crippen LogP contribution < -0.4 is 5.32 Å². The van der Waals surface area contributed by atoms with E-state index in [1.54, 1.807) is 17.3 Å². The van der Waals surface area contributed by atoms with Gasteiger partial charge in [-0.05, 0) is 72.9 Å². The summed E-state index contributed by atoms with van der Waals surface area (Å²) in [6.45, 7) is 9.82. The van der Waals surface area contributed by atoms with Gasteiger partial charge in [-0.1, -0.05) is 31.2 Å². The lowest BCUT2D eigenvalue weighted by Gasteiger charge is -2.27. The SMILES string of the molecule is CC(=O)c1[nH]nc2c(C)cc(-c3cnc(C)nc3)c(CC(=O)N3[C@H](C(=O)NCc4ccccc4C)C[C@@]4(C)C[C@@H]34)c12. The van der Waals surface area contributed by atoms with Crippen molar-refractivity contribution in [3.63, 3.8) is 0 Å². The molecule has 0 radical (unpaired) electrons. The Bertz CT molecular complexity index is 1710. The second-order valence-corrected chi connectivity index (χ2v) is 11.8. The summed E-state index contributed by atoms with van der Waals surface area (Å²) in [6, 6.07) is 9.41. The minimum Gasteiger partial charge on any atom is -0.350 e. The molecule has 2 aliphatic rings. The van der Waals surface area contributed by atoms with Crippen molar-refractivity contribution in [1.82, 2.24) is 30.4 Å². The number of hydrogen-bond donors (Lipinski definition) is 2. The number of aromatic amines is 1. The second-order valence-electron chi connectivity index (χ2n) is 11.8. The van der Waals surface area contributed by atoms with Crippen LogP contribution in [-0.4, -0.2) is 54.7 Å². The van der Waals surface area contributed by atoms with Gasteiger partial charge in [0, 0.05) is 42.9 Å². The molecule has 210 valence electrons. The van der Waals surface area contributed by atoms with Crippen LogP contribution in [0.1, 0.15) is 65.3 Å². The lowest BCUT2D eigenvalue weighted by atomic mass is 9.91. The van der Waals surface area contributed by atoms with E-state index in [0.29, 0.717) is 41.0 Å². The Morgan fingerprint density at radius 1 is 1.07 bits per heavy atom. The van der Waals surface area contributed by atoms with Crippen molar-refractivity contribution in [1.29, 1.82) is 0 Å². The van der Waals surface area contributed by atoms with Crippen LogP contribution in [0.15, 0.2) is 42.7 Å². The topological polar surface area (TPSA) is 121 Å². The van der Waals surface area contributed by atoms with Crippen LogP contribution in [0.3, 0.4) is 0 Å². The maximum absolute atomic E-state index is 14.2. The van der Waals surface area contributed by atoms with E-state index in [1.165, 1.54) is 6.92 Å². The highest BCUT2D eigenvalue weighted by atomic mass is 16.2. The predicted octanol–water partition coefficient (Wildman–Crippen LogP) is 4.39. The molecule has 1 aliphatic heterocycles. The van der Waals surface area contributed by atoms with Crippen LogP contribution in [0.2, 0.25) is 0 Å². The predicted molar refractivity (Wildman–Crippen MR) is 155 cm³/mol. The van der Waals surface area contributed by atoms with Gasteiger partial charge in [-0.15, -0.1) is 0 Å². The third-order valence-electron chi connectivity index (χ3n) is 8.84. The molecule has 2 N–H and O–H groups in total. The molecule has 0 bridgehead atoms. The molecule has 3 atom stereocenters. The number of carbonyl (C=O) groups excluding carboxylic acids is 3. The Morgan fingerprint density at radius 3 is 2.51 bits per heavy atom. The van der Waals surface area contributed by atoms with Gasteiger partial charge in [0.2, 0.25) is 11.8 Å². The largest absolute Gasteiger partial charge is 0.350 e. The van der Waals surface area contributed by atoms with Gasteiger partial charge in [-0.3, -0.25) is 19.5 Å². The molecule has 1 saturated heterocycles. The molecule has 1 saturated carbocycles. The number of hydrogen-bond acceptors (Lipinski definition) is 6. The number of ketones is 1. The smallest absolute Gasteiger partial charge is 0.243 e. The number of H-pyrrole nitrogens is 1. The fraction of sp³-hybridized carbons (Fsp3) is 0.375. The Balaban J connectivity index is 1.36. The highest BCUT2D eigenvalue weighted by molar-refractivity contribution is 6.09. The molecule has 2 aromatic heterocycles. The summed E-state index contributed by atoms with van der Waals surface area (Å²) in [6.07, 6.45) is 5.01. The van der Waals surface area contributed by atoms with Gasteiger partial charge in [-0.25, -0.2) is 9.97 Å². The number of benzene rings is 2. The fourth-order valence-corrected chi connectivity index (χ4v) is 6.37. The minimum atomic E-state index is -0.543. The van der Waals surface area contributed by atoms with E-state index in [-0.39, 0.29) is 35.5 Å². The molecule has 0 spiro atoms. The highest BCUT2D eigenvalue weighted by Crippen LogP contribution is 2.59. The number of fused-ring (bicyclic) bond motifs is 2. The van der Waals surface area contributed by atoms with Gasteiger partial charge in [0.15, 0.2) is 5.78 Å². The molecule has 0 unspecified atom stereocenters. The van der Waals surface area contributed by atoms with E-state index in [9.17, 15) is 14.4 Å². The van der Waals surface area contributed by atoms with Crippen molar-refractivity contribution in [2.45, 2.75) is 72.5 Å². The zero-order chi connectivity index (χ0) is 29.1. The number of amides is 2. The quantitative estimate of drug-likeness (QED) is 0.329. The van der Waals surface area contributed by atoms with Gasteiger partial charge in [-0.2, -0.15) is 5.10 Å². The summed E-state index contributed by atoms with van der Waals surface area (Å²) in [5, 5.41) is 11.0. The number of nitrogens with one attached hydrogen (secondary N) is 2. The summed E-state index contributed by atoms with van der Waals surface area (Å²) in [5.41, 5.74) is 6.23. The second kappa shape index (κ2) is 9.90. The number of likely N-dealkylation sites (tertiary alicyclic amines) is 1. The van der Waals surface area contributed by atoms with E-state index in [4.69, 9.17) is 0 Å². The third kappa shape index (κ3) is 4.69. The molecular weight excluding hydrogens is 516 g/mol. The van der Waals surface area contributed by atoms with Crippen molar-refractivity contribution < 1.29 is 14.4 Å². The number of rotatable bonds is 7. The molecule has 2 fully saturated rings. The van der Waals surface area contributed by atoms with E-state index in [0.717, 1.165) is 34.2 Å². The molecule has 1 aliphatic carbocycles. The molecule has 9 nitrogen and oxygen atoms in total. The van der Waals surface area contributed by atoms with E-state index in [1.807, 2.05) is 51.1 Å². The molecule has 6 rings (SSSR count). The summed E-state index contributed by atoms with van der Waals surface area (Å²) >= 11 is 0. The number of piperidine rings is 1. The van der Waals surface area contributed by atoms with Crippen LogP contribution in [0.25, 0.3) is 22.0 Å². The number of aryl methyl sites for hydroxylation is 3. The van der Waals surface area contributed by atoms with Crippen LogP contribution in [0.5, 0.6) is 0 Å². The standard InChI is InChI=1S/C32H34N6O3/c1-17-8-6-7-9-21(17)14-35-31(41)25-12-32(5)13-26(32)38(25)27(40)11-24-23(22-15-33-20(4)34-16-22)10-18(2)29-28(24)30(19(3)39)37-36-29/h6-10,15-16,25-26H,11-14H2,1-5H3,(H,35,41)(H,36,37)/t25-,26+,32-/m0/s1. The summed E-state index contributed by atoms with van der Waals surface area (Å²) in [7, 11) is 0. The molecule has 2 aromatic carbocycles. The zero-order valence-corrected chi connectivity index (χ0v) is 24.0. The Kier molecular flexibility index (Phi) is 6.47. The first-order chi connectivity index (χ1) is 19.6. The molecule has 2 amide bonds. The summed E-state index contributed by atoms with van der Waals surface area (Å²) in [4.78, 5) is 50.9. The van der Waals surface area contributed by atoms with Crippen LogP contribution >= 0.6 is 0 Å². The molecule has 3 heterocycles. The zero-order valence-electron chi connectivity index (χ0n) is 24.0.